The molecule has 0 spiro atoms. The maximum atomic E-state index is 8.53. The summed E-state index contributed by atoms with van der Waals surface area (Å²) in [5.74, 6) is 0. The molecular formula is C12H15N3S. The van der Waals surface area contributed by atoms with Gasteiger partial charge in [-0.3, -0.25) is 10.3 Å². The van der Waals surface area contributed by atoms with Crippen LogP contribution in [0.3, 0.4) is 0 Å². The Balaban J connectivity index is 2.81. The van der Waals surface area contributed by atoms with Gasteiger partial charge in [0, 0.05) is 0 Å². The third-order valence-corrected chi connectivity index (χ3v) is 2.82. The highest BCUT2D eigenvalue weighted by molar-refractivity contribution is 8.13. The Morgan fingerprint density at radius 2 is 2.06 bits per heavy atom. The minimum Gasteiger partial charge on any atom is -0.272 e. The Labute approximate surface area is 101 Å². The maximum Gasteiger partial charge on any atom is 0.183 e. The number of hydrogen-bond donors (Lipinski definition) is 1. The second kappa shape index (κ2) is 6.19. The van der Waals surface area contributed by atoms with Gasteiger partial charge >= 0.3 is 0 Å². The molecule has 0 fully saturated rings. The van der Waals surface area contributed by atoms with E-state index in [9.17, 15) is 0 Å². The summed E-state index contributed by atoms with van der Waals surface area (Å²) in [6, 6.07) is 8.32. The molecule has 0 aliphatic carbocycles. The predicted octanol–water partition coefficient (Wildman–Crippen LogP) is 2.85. The highest BCUT2D eigenvalue weighted by Crippen LogP contribution is 2.18. The summed E-state index contributed by atoms with van der Waals surface area (Å²) in [4.78, 5) is 4.43. The highest BCUT2D eigenvalue weighted by atomic mass is 32.2. The lowest BCUT2D eigenvalue weighted by Gasteiger charge is -2.09. The van der Waals surface area contributed by atoms with Crippen LogP contribution in [0.2, 0.25) is 0 Å². The molecule has 84 valence electrons. The fourth-order valence-corrected chi connectivity index (χ4v) is 1.69. The van der Waals surface area contributed by atoms with Crippen molar-refractivity contribution in [3.63, 3.8) is 0 Å². The summed E-state index contributed by atoms with van der Waals surface area (Å²) in [6.07, 6.45) is 3.78. The molecule has 0 aliphatic rings. The van der Waals surface area contributed by atoms with Crippen molar-refractivity contribution in [2.24, 2.45) is 4.99 Å². The van der Waals surface area contributed by atoms with Crippen LogP contribution >= 0.6 is 11.8 Å². The lowest BCUT2D eigenvalue weighted by atomic mass is 10.1. The van der Waals surface area contributed by atoms with Crippen molar-refractivity contribution in [2.75, 3.05) is 6.26 Å². The van der Waals surface area contributed by atoms with Gasteiger partial charge < -0.3 is 0 Å². The molecule has 0 bridgehead atoms. The Morgan fingerprint density at radius 1 is 1.44 bits per heavy atom. The number of nitrogens with zero attached hydrogens (tertiary/aromatic N) is 2. The Kier molecular flexibility index (Phi) is 4.87. The lowest BCUT2D eigenvalue weighted by Crippen LogP contribution is -2.14. The number of nitriles is 1. The van der Waals surface area contributed by atoms with E-state index in [1.54, 1.807) is 0 Å². The van der Waals surface area contributed by atoms with Gasteiger partial charge in [-0.25, -0.2) is 0 Å². The number of thioether (sulfide) groups is 1. The van der Waals surface area contributed by atoms with Crippen molar-refractivity contribution in [1.82, 2.24) is 5.32 Å². The number of aryl methyl sites for hydroxylation is 1. The van der Waals surface area contributed by atoms with Crippen LogP contribution < -0.4 is 5.32 Å². The summed E-state index contributed by atoms with van der Waals surface area (Å²) < 4.78 is 0. The fourth-order valence-electron chi connectivity index (χ4n) is 1.28. The molecule has 0 aromatic heterocycles. The molecule has 1 N–H and O–H groups in total. The molecule has 1 rings (SSSR count). The standard InChI is InChI=1S/C12H15N3S/c1-9-4-6-11(7-5-9)10(2)15-12(16-3)14-8-13/h4-7,10H,1-3H3,(H,14,15). The number of rotatable bonds is 2. The van der Waals surface area contributed by atoms with Gasteiger partial charge in [-0.2, -0.15) is 5.26 Å². The first kappa shape index (κ1) is 12.6. The molecule has 4 heteroatoms. The number of benzene rings is 1. The van der Waals surface area contributed by atoms with E-state index in [-0.39, 0.29) is 6.04 Å². The van der Waals surface area contributed by atoms with Crippen LogP contribution in [-0.2, 0) is 0 Å². The predicted molar refractivity (Wildman–Crippen MR) is 69.3 cm³/mol. The van der Waals surface area contributed by atoms with Crippen molar-refractivity contribution in [3.8, 4) is 6.19 Å². The molecule has 1 aromatic rings. The third-order valence-electron chi connectivity index (χ3n) is 2.23. The molecule has 1 unspecified atom stereocenters. The van der Waals surface area contributed by atoms with E-state index >= 15 is 0 Å². The second-order valence-electron chi connectivity index (χ2n) is 3.46. The van der Waals surface area contributed by atoms with Crippen LogP contribution in [0, 0.1) is 18.4 Å². The largest absolute Gasteiger partial charge is 0.272 e. The van der Waals surface area contributed by atoms with Gasteiger partial charge in [-0.15, -0.1) is 0 Å². The van der Waals surface area contributed by atoms with Gasteiger partial charge in [0.1, 0.15) is 0 Å². The molecule has 1 atom stereocenters. The van der Waals surface area contributed by atoms with Crippen LogP contribution in [0.5, 0.6) is 0 Å². The molecule has 0 saturated heterocycles. The van der Waals surface area contributed by atoms with E-state index in [0.29, 0.717) is 5.17 Å². The summed E-state index contributed by atoms with van der Waals surface area (Å²) in [5.41, 5.74) is 2.39. The van der Waals surface area contributed by atoms with Crippen LogP contribution in [0.1, 0.15) is 24.1 Å². The smallest absolute Gasteiger partial charge is 0.183 e. The number of amidine groups is 1. The van der Waals surface area contributed by atoms with Gasteiger partial charge in [0.25, 0.3) is 0 Å². The molecule has 1 aromatic carbocycles. The highest BCUT2D eigenvalue weighted by Gasteiger charge is 2.04. The zero-order chi connectivity index (χ0) is 12.0. The van der Waals surface area contributed by atoms with E-state index in [1.165, 1.54) is 17.3 Å². The van der Waals surface area contributed by atoms with Gasteiger partial charge in [-0.1, -0.05) is 41.6 Å². The van der Waals surface area contributed by atoms with E-state index in [0.717, 1.165) is 5.56 Å². The molecule has 3 nitrogen and oxygen atoms in total. The number of nitrogens with one attached hydrogen (secondary N) is 1. The van der Waals surface area contributed by atoms with E-state index in [1.807, 2.05) is 19.4 Å². The Morgan fingerprint density at radius 3 is 2.56 bits per heavy atom. The van der Waals surface area contributed by atoms with Crippen molar-refractivity contribution in [3.05, 3.63) is 35.4 Å². The topological polar surface area (TPSA) is 48.2 Å². The molecule has 0 amide bonds. The zero-order valence-corrected chi connectivity index (χ0v) is 10.5. The molecule has 0 heterocycles. The summed E-state index contributed by atoms with van der Waals surface area (Å²) in [7, 11) is 0. The monoisotopic (exact) mass is 233 g/mol. The second-order valence-corrected chi connectivity index (χ2v) is 4.26. The van der Waals surface area contributed by atoms with Crippen LogP contribution in [0.15, 0.2) is 29.3 Å². The van der Waals surface area contributed by atoms with E-state index in [2.05, 4.69) is 41.5 Å². The SMILES string of the molecule is CSC(=NC(C)c1ccc(C)cc1)NC#N. The summed E-state index contributed by atoms with van der Waals surface area (Å²) in [5, 5.41) is 11.7. The van der Waals surface area contributed by atoms with Gasteiger partial charge in [0.15, 0.2) is 11.4 Å². The van der Waals surface area contributed by atoms with Crippen LogP contribution in [-0.4, -0.2) is 11.4 Å². The van der Waals surface area contributed by atoms with Gasteiger partial charge in [0.2, 0.25) is 0 Å². The first-order valence-corrected chi connectivity index (χ1v) is 6.23. The third kappa shape index (κ3) is 3.59. The molecule has 0 radical (unpaired) electrons. The quantitative estimate of drug-likeness (QED) is 0.370. The van der Waals surface area contributed by atoms with Crippen molar-refractivity contribution in [1.29, 1.82) is 5.26 Å². The molecule has 0 aliphatic heterocycles. The van der Waals surface area contributed by atoms with Crippen molar-refractivity contribution in [2.45, 2.75) is 19.9 Å². The van der Waals surface area contributed by atoms with Gasteiger partial charge in [-0.05, 0) is 25.7 Å². The zero-order valence-electron chi connectivity index (χ0n) is 9.69. The first-order chi connectivity index (χ1) is 7.67. The summed E-state index contributed by atoms with van der Waals surface area (Å²) in [6.45, 7) is 4.07. The molecule has 16 heavy (non-hydrogen) atoms. The minimum atomic E-state index is 0.0592. The van der Waals surface area contributed by atoms with Crippen molar-refractivity contribution < 1.29 is 0 Å². The minimum absolute atomic E-state index is 0.0592. The summed E-state index contributed by atoms with van der Waals surface area (Å²) >= 11 is 1.44. The Hall–Kier alpha value is -1.47. The lowest BCUT2D eigenvalue weighted by molar-refractivity contribution is 0.818. The Bertz CT molecular complexity index is 403. The van der Waals surface area contributed by atoms with Crippen molar-refractivity contribution >= 4 is 16.9 Å². The van der Waals surface area contributed by atoms with Crippen LogP contribution in [0.25, 0.3) is 0 Å². The van der Waals surface area contributed by atoms with E-state index < -0.39 is 0 Å². The fraction of sp³-hybridized carbons (Fsp3) is 0.333. The van der Waals surface area contributed by atoms with E-state index in [4.69, 9.17) is 5.26 Å². The normalized spacial score (nSPS) is 13.0. The van der Waals surface area contributed by atoms with Gasteiger partial charge in [0.05, 0.1) is 6.04 Å². The maximum absolute atomic E-state index is 8.53. The average molecular weight is 233 g/mol. The van der Waals surface area contributed by atoms with Crippen LogP contribution in [0.4, 0.5) is 0 Å². The number of aliphatic imine (C=N–C) groups is 1. The number of hydrogen-bond acceptors (Lipinski definition) is 3. The molecule has 0 saturated carbocycles. The first-order valence-electron chi connectivity index (χ1n) is 5.01. The molecular weight excluding hydrogens is 218 g/mol. The average Bonchev–Trinajstić information content (AvgIpc) is 2.29.